The van der Waals surface area contributed by atoms with Crippen LogP contribution < -0.4 is 16.2 Å². The third-order valence-corrected chi connectivity index (χ3v) is 4.22. The van der Waals surface area contributed by atoms with Crippen molar-refractivity contribution in [3.63, 3.8) is 0 Å². The molecule has 3 N–H and O–H groups in total. The number of rotatable bonds is 2. The second-order valence-electron chi connectivity index (χ2n) is 4.84. The van der Waals surface area contributed by atoms with Crippen molar-refractivity contribution in [2.24, 2.45) is 5.84 Å². The van der Waals surface area contributed by atoms with Gasteiger partial charge < -0.3 is 10.3 Å². The quantitative estimate of drug-likeness (QED) is 0.613. The minimum absolute atomic E-state index is 0.270. The molecule has 0 amide bonds. The Hall–Kier alpha value is -1.01. The summed E-state index contributed by atoms with van der Waals surface area (Å²) >= 11 is 2.01. The van der Waals surface area contributed by atoms with Crippen molar-refractivity contribution in [3.8, 4) is 0 Å². The van der Waals surface area contributed by atoms with Crippen LogP contribution in [0.5, 0.6) is 0 Å². The first-order valence-electron chi connectivity index (χ1n) is 5.70. The predicted octanol–water partition coefficient (Wildman–Crippen LogP) is 1.40. The van der Waals surface area contributed by atoms with E-state index in [1.165, 1.54) is 0 Å². The van der Waals surface area contributed by atoms with Crippen molar-refractivity contribution in [3.05, 3.63) is 11.9 Å². The van der Waals surface area contributed by atoms with Gasteiger partial charge in [0, 0.05) is 29.2 Å². The molecule has 0 aromatic carbocycles. The fourth-order valence-corrected chi connectivity index (χ4v) is 3.21. The van der Waals surface area contributed by atoms with Crippen LogP contribution in [0, 0.1) is 6.92 Å². The van der Waals surface area contributed by atoms with E-state index in [2.05, 4.69) is 34.1 Å². The highest BCUT2D eigenvalue weighted by atomic mass is 32.2. The lowest BCUT2D eigenvalue weighted by Gasteiger charge is -2.38. The average Bonchev–Trinajstić information content (AvgIpc) is 2.28. The molecule has 0 aliphatic carbocycles. The van der Waals surface area contributed by atoms with Crippen LogP contribution in [0.4, 0.5) is 11.6 Å². The van der Waals surface area contributed by atoms with Crippen molar-refractivity contribution < 1.29 is 0 Å². The lowest BCUT2D eigenvalue weighted by atomic mass is 10.1. The topological polar surface area (TPSA) is 67.1 Å². The molecule has 94 valence electrons. The highest BCUT2D eigenvalue weighted by Crippen LogP contribution is 2.33. The molecule has 0 saturated carbocycles. The van der Waals surface area contributed by atoms with E-state index in [0.717, 1.165) is 30.2 Å². The number of aromatic nitrogens is 2. The zero-order chi connectivity index (χ0) is 12.5. The maximum Gasteiger partial charge on any atom is 0.148 e. The zero-order valence-electron chi connectivity index (χ0n) is 10.5. The third kappa shape index (κ3) is 2.63. The number of hydrogen-bond donors (Lipinski definition) is 2. The molecule has 1 aliphatic heterocycles. The molecule has 0 spiro atoms. The molecular formula is C11H19N5S. The number of nitrogen functional groups attached to an aromatic ring is 1. The summed E-state index contributed by atoms with van der Waals surface area (Å²) in [5.41, 5.74) is 3.62. The lowest BCUT2D eigenvalue weighted by Crippen LogP contribution is -2.44. The van der Waals surface area contributed by atoms with Crippen LogP contribution in [-0.4, -0.2) is 33.6 Å². The number of hydrazine groups is 1. The summed E-state index contributed by atoms with van der Waals surface area (Å²) in [4.78, 5) is 10.8. The monoisotopic (exact) mass is 253 g/mol. The van der Waals surface area contributed by atoms with Crippen molar-refractivity contribution >= 4 is 23.4 Å². The average molecular weight is 253 g/mol. The Labute approximate surface area is 106 Å². The summed E-state index contributed by atoms with van der Waals surface area (Å²) < 4.78 is 0.270. The van der Waals surface area contributed by atoms with E-state index in [0.29, 0.717) is 5.82 Å². The van der Waals surface area contributed by atoms with Crippen LogP contribution in [-0.2, 0) is 0 Å². The van der Waals surface area contributed by atoms with Gasteiger partial charge >= 0.3 is 0 Å². The van der Waals surface area contributed by atoms with Crippen LogP contribution in [0.1, 0.15) is 19.4 Å². The van der Waals surface area contributed by atoms with E-state index in [1.807, 2.05) is 18.7 Å². The summed E-state index contributed by atoms with van der Waals surface area (Å²) in [7, 11) is 0. The molecule has 0 bridgehead atoms. The van der Waals surface area contributed by atoms with Crippen LogP contribution in [0.2, 0.25) is 0 Å². The number of hydrogen-bond acceptors (Lipinski definition) is 6. The number of anilines is 2. The molecule has 1 aromatic heterocycles. The van der Waals surface area contributed by atoms with Gasteiger partial charge in [0.15, 0.2) is 0 Å². The molecule has 6 heteroatoms. The van der Waals surface area contributed by atoms with Gasteiger partial charge in [0.25, 0.3) is 0 Å². The van der Waals surface area contributed by atoms with E-state index in [-0.39, 0.29) is 4.75 Å². The Morgan fingerprint density at radius 1 is 1.47 bits per heavy atom. The van der Waals surface area contributed by atoms with Crippen molar-refractivity contribution in [1.82, 2.24) is 9.97 Å². The molecule has 2 heterocycles. The molecule has 2 rings (SSSR count). The van der Waals surface area contributed by atoms with E-state index < -0.39 is 0 Å². The van der Waals surface area contributed by atoms with Gasteiger partial charge in [0.2, 0.25) is 0 Å². The maximum absolute atomic E-state index is 5.44. The predicted molar refractivity (Wildman–Crippen MR) is 73.3 cm³/mol. The fraction of sp³-hybridized carbons (Fsp3) is 0.636. The van der Waals surface area contributed by atoms with E-state index in [1.54, 1.807) is 6.33 Å². The van der Waals surface area contributed by atoms with Crippen LogP contribution in [0.15, 0.2) is 6.33 Å². The minimum atomic E-state index is 0.270. The Morgan fingerprint density at radius 3 is 2.88 bits per heavy atom. The maximum atomic E-state index is 5.44. The summed E-state index contributed by atoms with van der Waals surface area (Å²) in [6.07, 6.45) is 1.56. The molecule has 17 heavy (non-hydrogen) atoms. The van der Waals surface area contributed by atoms with Gasteiger partial charge in [0.05, 0.1) is 0 Å². The molecule has 5 nitrogen and oxygen atoms in total. The first kappa shape index (κ1) is 12.4. The van der Waals surface area contributed by atoms with Gasteiger partial charge in [-0.05, 0) is 20.8 Å². The smallest absolute Gasteiger partial charge is 0.148 e. The largest absolute Gasteiger partial charge is 0.354 e. The van der Waals surface area contributed by atoms with Crippen molar-refractivity contribution in [2.75, 3.05) is 29.2 Å². The Kier molecular flexibility index (Phi) is 3.44. The molecule has 1 saturated heterocycles. The molecule has 0 radical (unpaired) electrons. The van der Waals surface area contributed by atoms with Gasteiger partial charge in [-0.15, -0.1) is 0 Å². The van der Waals surface area contributed by atoms with Gasteiger partial charge in [-0.1, -0.05) is 0 Å². The van der Waals surface area contributed by atoms with Crippen LogP contribution in [0.3, 0.4) is 0 Å². The van der Waals surface area contributed by atoms with E-state index in [9.17, 15) is 0 Å². The SMILES string of the molecule is Cc1c(NN)ncnc1N1CCSC(C)(C)C1. The zero-order valence-corrected chi connectivity index (χ0v) is 11.3. The molecule has 1 aromatic rings. The summed E-state index contributed by atoms with van der Waals surface area (Å²) in [5, 5.41) is 0. The number of nitrogens with two attached hydrogens (primary N) is 1. The van der Waals surface area contributed by atoms with Gasteiger partial charge in [-0.2, -0.15) is 11.8 Å². The number of nitrogens with zero attached hydrogens (tertiary/aromatic N) is 3. The molecule has 0 atom stereocenters. The van der Waals surface area contributed by atoms with Gasteiger partial charge in [-0.25, -0.2) is 15.8 Å². The van der Waals surface area contributed by atoms with Crippen molar-refractivity contribution in [1.29, 1.82) is 0 Å². The second-order valence-corrected chi connectivity index (χ2v) is 6.65. The standard InChI is InChI=1S/C11H19N5S/c1-8-9(15-12)13-7-14-10(8)16-4-5-17-11(2,3)6-16/h7H,4-6,12H2,1-3H3,(H,13,14,15). The molecular weight excluding hydrogens is 234 g/mol. The third-order valence-electron chi connectivity index (χ3n) is 2.92. The van der Waals surface area contributed by atoms with E-state index >= 15 is 0 Å². The van der Waals surface area contributed by atoms with Crippen molar-refractivity contribution in [2.45, 2.75) is 25.5 Å². The van der Waals surface area contributed by atoms with Crippen LogP contribution in [0.25, 0.3) is 0 Å². The first-order valence-corrected chi connectivity index (χ1v) is 6.69. The van der Waals surface area contributed by atoms with Gasteiger partial charge in [0.1, 0.15) is 18.0 Å². The summed E-state index contributed by atoms with van der Waals surface area (Å²) in [6.45, 7) is 8.56. The fourth-order valence-electron chi connectivity index (χ4n) is 2.10. The molecule has 1 aliphatic rings. The second kappa shape index (κ2) is 4.70. The summed E-state index contributed by atoms with van der Waals surface area (Å²) in [5.74, 6) is 8.25. The Bertz CT molecular complexity index is 407. The summed E-state index contributed by atoms with van der Waals surface area (Å²) in [6, 6.07) is 0. The van der Waals surface area contributed by atoms with Gasteiger partial charge in [-0.3, -0.25) is 0 Å². The van der Waals surface area contributed by atoms with Crippen LogP contribution >= 0.6 is 11.8 Å². The van der Waals surface area contributed by atoms with E-state index in [4.69, 9.17) is 5.84 Å². The Balaban J connectivity index is 2.28. The normalized spacial score (nSPS) is 19.2. The highest BCUT2D eigenvalue weighted by molar-refractivity contribution is 8.00. The first-order chi connectivity index (χ1) is 8.03. The lowest BCUT2D eigenvalue weighted by molar-refractivity contribution is 0.640. The number of nitrogens with one attached hydrogen (secondary N) is 1. The number of thioether (sulfide) groups is 1. The highest BCUT2D eigenvalue weighted by Gasteiger charge is 2.28. The Morgan fingerprint density at radius 2 is 2.24 bits per heavy atom. The minimum Gasteiger partial charge on any atom is -0.354 e. The molecule has 0 unspecified atom stereocenters. The molecule has 1 fully saturated rings.